The van der Waals surface area contributed by atoms with Crippen molar-refractivity contribution < 1.29 is 19.2 Å². The maximum atomic E-state index is 12.3. The molecule has 35 heavy (non-hydrogen) atoms. The van der Waals surface area contributed by atoms with E-state index in [1.165, 1.54) is 0 Å². The molecule has 170 valence electrons. The first kappa shape index (κ1) is 21.8. The minimum atomic E-state index is -0.245. The van der Waals surface area contributed by atoms with Crippen LogP contribution in [0.3, 0.4) is 0 Å². The van der Waals surface area contributed by atoms with Crippen molar-refractivity contribution in [2.24, 2.45) is 0 Å². The molecule has 6 N–H and O–H groups in total. The predicted octanol–water partition coefficient (Wildman–Crippen LogP) is 3.67. The maximum Gasteiger partial charge on any atom is 0.196 e. The fourth-order valence-corrected chi connectivity index (χ4v) is 4.47. The van der Waals surface area contributed by atoms with E-state index >= 15 is 0 Å². The number of anilines is 3. The molecule has 7 nitrogen and oxygen atoms in total. The number of carbonyl (C=O) groups is 4. The van der Waals surface area contributed by atoms with Gasteiger partial charge in [-0.2, -0.15) is 0 Å². The molecule has 0 amide bonds. The smallest absolute Gasteiger partial charge is 0.196 e. The van der Waals surface area contributed by atoms with Gasteiger partial charge in [0, 0.05) is 44.9 Å². The molecule has 0 radical (unpaired) electrons. The van der Waals surface area contributed by atoms with E-state index in [-0.39, 0.29) is 34.3 Å². The van der Waals surface area contributed by atoms with Crippen molar-refractivity contribution in [1.29, 1.82) is 0 Å². The van der Waals surface area contributed by atoms with Crippen molar-refractivity contribution in [3.8, 4) is 0 Å². The molecule has 0 saturated carbocycles. The monoisotopic (exact) mass is 461 g/mol. The quantitative estimate of drug-likeness (QED) is 0.292. The van der Waals surface area contributed by atoms with Gasteiger partial charge < -0.3 is 17.2 Å². The van der Waals surface area contributed by atoms with E-state index in [0.717, 1.165) is 0 Å². The predicted molar refractivity (Wildman–Crippen MR) is 133 cm³/mol. The lowest BCUT2D eigenvalue weighted by Crippen LogP contribution is -2.23. The highest BCUT2D eigenvalue weighted by Gasteiger charge is 2.32. The molecule has 2 aliphatic rings. The summed E-state index contributed by atoms with van der Waals surface area (Å²) in [5.41, 5.74) is 21.2. The molecular formula is C28H19N3O4. The molecule has 7 heteroatoms. The zero-order valence-corrected chi connectivity index (χ0v) is 18.4. The Morgan fingerprint density at radius 3 is 1.03 bits per heavy atom. The summed E-state index contributed by atoms with van der Waals surface area (Å²) in [7, 11) is 0. The Kier molecular flexibility index (Phi) is 5.02. The van der Waals surface area contributed by atoms with E-state index in [4.69, 9.17) is 17.2 Å². The third-order valence-corrected chi connectivity index (χ3v) is 6.12. The minimum Gasteiger partial charge on any atom is -0.398 e. The van der Waals surface area contributed by atoms with Crippen molar-refractivity contribution in [3.05, 3.63) is 123 Å². The second-order valence-corrected chi connectivity index (χ2v) is 8.17. The highest BCUT2D eigenvalue weighted by molar-refractivity contribution is 6.32. The molecule has 0 aromatic heterocycles. The number of ketones is 4. The fourth-order valence-electron chi connectivity index (χ4n) is 4.47. The Morgan fingerprint density at radius 2 is 0.629 bits per heavy atom. The van der Waals surface area contributed by atoms with Crippen LogP contribution >= 0.6 is 0 Å². The summed E-state index contributed by atoms with van der Waals surface area (Å²) in [4.78, 5) is 49.1. The molecular weight excluding hydrogens is 442 g/mol. The third-order valence-electron chi connectivity index (χ3n) is 6.12. The summed E-state index contributed by atoms with van der Waals surface area (Å²) >= 11 is 0. The molecule has 0 bridgehead atoms. The Morgan fingerprint density at radius 1 is 0.343 bits per heavy atom. The lowest BCUT2D eigenvalue weighted by Gasteiger charge is -2.19. The van der Waals surface area contributed by atoms with E-state index in [0.29, 0.717) is 50.4 Å². The molecule has 0 atom stereocenters. The average molecular weight is 461 g/mol. The van der Waals surface area contributed by atoms with Crippen LogP contribution in [-0.4, -0.2) is 23.1 Å². The van der Waals surface area contributed by atoms with Crippen molar-refractivity contribution >= 4 is 40.2 Å². The standard InChI is InChI=1S/C14H10N2O2.C14H9NO2/c15-9-5-1-3-7-11(9)14(18)8-4-2-6-10(16)12(8)13(7)17;15-11-7-3-6-10-12(11)14(17)9-5-2-1-4-8(9)13(10)16/h1-6H,15-16H2;1-7H,15H2. The number of benzene rings is 4. The summed E-state index contributed by atoms with van der Waals surface area (Å²) < 4.78 is 0. The Hall–Kier alpha value is -5.04. The molecule has 0 fully saturated rings. The Balaban J connectivity index is 0.000000145. The van der Waals surface area contributed by atoms with Gasteiger partial charge in [0.1, 0.15) is 0 Å². The second-order valence-electron chi connectivity index (χ2n) is 8.17. The zero-order valence-electron chi connectivity index (χ0n) is 18.4. The molecule has 6 rings (SSSR count). The lowest BCUT2D eigenvalue weighted by atomic mass is 9.82. The third kappa shape index (κ3) is 3.29. The topological polar surface area (TPSA) is 146 Å². The summed E-state index contributed by atoms with van der Waals surface area (Å²) in [6.07, 6.45) is 0. The van der Waals surface area contributed by atoms with Gasteiger partial charge in [-0.15, -0.1) is 0 Å². The highest BCUT2D eigenvalue weighted by Crippen LogP contribution is 2.33. The number of fused-ring (bicyclic) bond motifs is 4. The number of hydrogen-bond acceptors (Lipinski definition) is 7. The van der Waals surface area contributed by atoms with Crippen molar-refractivity contribution in [3.63, 3.8) is 0 Å². The minimum absolute atomic E-state index is 0.137. The molecule has 0 saturated heterocycles. The van der Waals surface area contributed by atoms with Crippen LogP contribution in [0.5, 0.6) is 0 Å². The summed E-state index contributed by atoms with van der Waals surface area (Å²) in [6.45, 7) is 0. The number of nitrogens with two attached hydrogens (primary N) is 3. The van der Waals surface area contributed by atoms with Crippen LogP contribution < -0.4 is 17.2 Å². The first-order valence-corrected chi connectivity index (χ1v) is 10.7. The van der Waals surface area contributed by atoms with Crippen LogP contribution in [0, 0.1) is 0 Å². The van der Waals surface area contributed by atoms with Crippen molar-refractivity contribution in [2.45, 2.75) is 0 Å². The maximum absolute atomic E-state index is 12.3. The molecule has 0 aliphatic heterocycles. The van der Waals surface area contributed by atoms with E-state index in [1.54, 1.807) is 78.9 Å². The average Bonchev–Trinajstić information content (AvgIpc) is 2.86. The van der Waals surface area contributed by atoms with Gasteiger partial charge in [-0.25, -0.2) is 0 Å². The first-order valence-electron chi connectivity index (χ1n) is 10.7. The van der Waals surface area contributed by atoms with Crippen molar-refractivity contribution in [2.75, 3.05) is 17.2 Å². The summed E-state index contributed by atoms with van der Waals surface area (Å²) in [5.74, 6) is -0.800. The van der Waals surface area contributed by atoms with Crippen molar-refractivity contribution in [1.82, 2.24) is 0 Å². The zero-order chi connectivity index (χ0) is 24.9. The van der Waals surface area contributed by atoms with E-state index in [1.807, 2.05) is 0 Å². The molecule has 4 aromatic rings. The largest absolute Gasteiger partial charge is 0.398 e. The van der Waals surface area contributed by atoms with Gasteiger partial charge in [0.2, 0.25) is 0 Å². The summed E-state index contributed by atoms with van der Waals surface area (Å²) in [6, 6.07) is 21.5. The number of nitrogen functional groups attached to an aromatic ring is 3. The van der Waals surface area contributed by atoms with Crippen LogP contribution in [0.25, 0.3) is 0 Å². The SMILES string of the molecule is Nc1cccc2c1C(=O)c1cccc(N)c1C2=O.Nc1cccc2c1C(=O)c1ccccc1C2=O. The molecule has 0 spiro atoms. The molecule has 0 unspecified atom stereocenters. The van der Waals surface area contributed by atoms with E-state index in [2.05, 4.69) is 0 Å². The van der Waals surface area contributed by atoms with E-state index < -0.39 is 0 Å². The van der Waals surface area contributed by atoms with Gasteiger partial charge in [-0.3, -0.25) is 19.2 Å². The van der Waals surface area contributed by atoms with Gasteiger partial charge in [0.05, 0.1) is 16.7 Å². The van der Waals surface area contributed by atoms with Gasteiger partial charge >= 0.3 is 0 Å². The Bertz CT molecular complexity index is 1540. The summed E-state index contributed by atoms with van der Waals surface area (Å²) in [5, 5.41) is 0. The van der Waals surface area contributed by atoms with Gasteiger partial charge in [0.25, 0.3) is 0 Å². The highest BCUT2D eigenvalue weighted by atomic mass is 16.1. The van der Waals surface area contributed by atoms with E-state index in [9.17, 15) is 19.2 Å². The first-order chi connectivity index (χ1) is 16.8. The number of hydrogen-bond donors (Lipinski definition) is 3. The Labute approximate surface area is 200 Å². The normalized spacial score (nSPS) is 13.1. The van der Waals surface area contributed by atoms with Crippen LogP contribution in [-0.2, 0) is 0 Å². The van der Waals surface area contributed by atoms with Crippen LogP contribution in [0.4, 0.5) is 17.1 Å². The number of rotatable bonds is 0. The molecule has 0 heterocycles. The van der Waals surface area contributed by atoms with Crippen LogP contribution in [0.2, 0.25) is 0 Å². The number of carbonyl (C=O) groups excluding carboxylic acids is 4. The van der Waals surface area contributed by atoms with Gasteiger partial charge in [-0.05, 0) is 18.2 Å². The fraction of sp³-hybridized carbons (Fsp3) is 0. The molecule has 2 aliphatic carbocycles. The van der Waals surface area contributed by atoms with Crippen LogP contribution in [0.1, 0.15) is 63.7 Å². The second kappa shape index (κ2) is 8.07. The van der Waals surface area contributed by atoms with Crippen LogP contribution in [0.15, 0.2) is 78.9 Å². The lowest BCUT2D eigenvalue weighted by molar-refractivity contribution is 0.0979. The molecule has 4 aromatic carbocycles. The van der Waals surface area contributed by atoms with Gasteiger partial charge in [0.15, 0.2) is 23.1 Å². The van der Waals surface area contributed by atoms with Gasteiger partial charge in [-0.1, -0.05) is 60.7 Å².